The van der Waals surface area contributed by atoms with E-state index in [1.165, 1.54) is 0 Å². The fraction of sp³-hybridized carbons (Fsp3) is 0.667. The third-order valence-corrected chi connectivity index (χ3v) is 0.697. The van der Waals surface area contributed by atoms with Crippen LogP contribution in [0.1, 0.15) is 20.3 Å². The van der Waals surface area contributed by atoms with Crippen molar-refractivity contribution in [2.45, 2.75) is 26.4 Å². The van der Waals surface area contributed by atoms with Crippen LogP contribution < -0.4 is 0 Å². The van der Waals surface area contributed by atoms with E-state index in [9.17, 15) is 4.39 Å². The summed E-state index contributed by atoms with van der Waals surface area (Å²) in [4.78, 5) is 0. The molecule has 0 N–H and O–H groups in total. The van der Waals surface area contributed by atoms with E-state index in [4.69, 9.17) is 0 Å². The summed E-state index contributed by atoms with van der Waals surface area (Å²) >= 11 is 0. The quantitative estimate of drug-likeness (QED) is 0.469. The van der Waals surface area contributed by atoms with Gasteiger partial charge in [-0.15, -0.1) is 0 Å². The van der Waals surface area contributed by atoms with Gasteiger partial charge in [0.2, 0.25) is 0 Å². The Kier molecular flexibility index (Phi) is 3.67. The van der Waals surface area contributed by atoms with E-state index in [2.05, 4.69) is 0 Å². The van der Waals surface area contributed by atoms with Crippen LogP contribution in [-0.2, 0) is 0 Å². The Morgan fingerprint density at radius 1 is 1.71 bits per heavy atom. The predicted molar refractivity (Wildman–Crippen MR) is 30.0 cm³/mol. The smallest absolute Gasteiger partial charge is 0.101 e. The fourth-order valence-electron chi connectivity index (χ4n) is 0.324. The molecule has 42 valence electrons. The molecule has 0 aliphatic rings. The topological polar surface area (TPSA) is 0 Å². The number of alkyl halides is 1. The summed E-state index contributed by atoms with van der Waals surface area (Å²) in [5, 5.41) is 0. The van der Waals surface area contributed by atoms with Crippen LogP contribution in [0.5, 0.6) is 0 Å². The summed E-state index contributed by atoms with van der Waals surface area (Å²) in [6.07, 6.45) is 3.55. The van der Waals surface area contributed by atoms with E-state index in [1.54, 1.807) is 6.92 Å². The van der Waals surface area contributed by atoms with Crippen LogP contribution in [-0.4, -0.2) is 6.17 Å². The lowest BCUT2D eigenvalue weighted by Gasteiger charge is -1.89. The normalized spacial score (nSPS) is 15.3. The van der Waals surface area contributed by atoms with Crippen molar-refractivity contribution in [3.05, 3.63) is 12.2 Å². The van der Waals surface area contributed by atoms with Crippen LogP contribution in [0.2, 0.25) is 0 Å². The van der Waals surface area contributed by atoms with Gasteiger partial charge in [-0.25, -0.2) is 4.39 Å². The minimum Gasteiger partial charge on any atom is -0.247 e. The van der Waals surface area contributed by atoms with Gasteiger partial charge < -0.3 is 0 Å². The van der Waals surface area contributed by atoms with Crippen LogP contribution >= 0.6 is 0 Å². The van der Waals surface area contributed by atoms with E-state index in [1.807, 2.05) is 19.1 Å². The molecule has 0 nitrogen and oxygen atoms in total. The molecule has 0 radical (unpaired) electrons. The molecule has 1 unspecified atom stereocenters. The summed E-state index contributed by atoms with van der Waals surface area (Å²) in [6, 6.07) is 0. The molecule has 0 aliphatic carbocycles. The molecule has 0 bridgehead atoms. The Bertz CT molecular complexity index is 55.2. The predicted octanol–water partition coefficient (Wildman–Crippen LogP) is 2.31. The Morgan fingerprint density at radius 3 is 2.43 bits per heavy atom. The van der Waals surface area contributed by atoms with E-state index in [-0.39, 0.29) is 0 Å². The maximum atomic E-state index is 11.8. The molecule has 0 amide bonds. The molecular formula is C6H11F. The number of allylic oxidation sites excluding steroid dienone is 2. The number of rotatable bonds is 2. The number of hydrogen-bond donors (Lipinski definition) is 0. The summed E-state index contributed by atoms with van der Waals surface area (Å²) < 4.78 is 11.8. The van der Waals surface area contributed by atoms with Crippen molar-refractivity contribution in [3.63, 3.8) is 0 Å². The van der Waals surface area contributed by atoms with Crippen molar-refractivity contribution in [1.29, 1.82) is 0 Å². The zero-order chi connectivity index (χ0) is 5.70. The first-order valence-electron chi connectivity index (χ1n) is 2.52. The van der Waals surface area contributed by atoms with E-state index in [0.717, 1.165) is 0 Å². The van der Waals surface area contributed by atoms with Gasteiger partial charge in [0.1, 0.15) is 6.17 Å². The zero-order valence-corrected chi connectivity index (χ0v) is 4.82. The SMILES string of the molecule is C/C=C/CC(C)F. The molecule has 0 aliphatic heterocycles. The first-order valence-corrected chi connectivity index (χ1v) is 2.52. The molecule has 0 saturated heterocycles. The lowest BCUT2D eigenvalue weighted by molar-refractivity contribution is 0.365. The molecule has 0 aromatic heterocycles. The van der Waals surface area contributed by atoms with E-state index >= 15 is 0 Å². The summed E-state index contributed by atoms with van der Waals surface area (Å²) in [6.45, 7) is 3.45. The molecule has 0 aromatic carbocycles. The minimum atomic E-state index is -0.684. The molecule has 7 heavy (non-hydrogen) atoms. The van der Waals surface area contributed by atoms with Crippen LogP contribution in [0.3, 0.4) is 0 Å². The van der Waals surface area contributed by atoms with Crippen LogP contribution in [0, 0.1) is 0 Å². The lowest BCUT2D eigenvalue weighted by Crippen LogP contribution is -1.86. The van der Waals surface area contributed by atoms with Crippen molar-refractivity contribution in [1.82, 2.24) is 0 Å². The van der Waals surface area contributed by atoms with Gasteiger partial charge in [0.15, 0.2) is 0 Å². The zero-order valence-electron chi connectivity index (χ0n) is 4.82. The van der Waals surface area contributed by atoms with Gasteiger partial charge in [0.25, 0.3) is 0 Å². The molecule has 0 saturated carbocycles. The third-order valence-electron chi connectivity index (χ3n) is 0.697. The molecule has 0 aromatic rings. The highest BCUT2D eigenvalue weighted by atomic mass is 19.1. The Balaban J connectivity index is 2.97. The largest absolute Gasteiger partial charge is 0.247 e. The first-order chi connectivity index (χ1) is 3.27. The highest BCUT2D eigenvalue weighted by molar-refractivity contribution is 4.78. The summed E-state index contributed by atoms with van der Waals surface area (Å²) in [5.74, 6) is 0. The molecule has 0 heterocycles. The highest BCUT2D eigenvalue weighted by Crippen LogP contribution is 1.94. The minimum absolute atomic E-state index is 0.552. The number of hydrogen-bond acceptors (Lipinski definition) is 0. The molecule has 0 spiro atoms. The second-order valence-electron chi connectivity index (χ2n) is 1.59. The second kappa shape index (κ2) is 3.85. The van der Waals surface area contributed by atoms with Crippen molar-refractivity contribution in [2.75, 3.05) is 0 Å². The van der Waals surface area contributed by atoms with Crippen LogP contribution in [0.25, 0.3) is 0 Å². The first kappa shape index (κ1) is 6.67. The third kappa shape index (κ3) is 5.67. The average molecular weight is 102 g/mol. The van der Waals surface area contributed by atoms with Gasteiger partial charge in [0.05, 0.1) is 0 Å². The lowest BCUT2D eigenvalue weighted by atomic mass is 10.3. The van der Waals surface area contributed by atoms with Gasteiger partial charge in [-0.1, -0.05) is 12.2 Å². The second-order valence-corrected chi connectivity index (χ2v) is 1.59. The summed E-state index contributed by atoms with van der Waals surface area (Å²) in [5.41, 5.74) is 0. The van der Waals surface area contributed by atoms with Gasteiger partial charge in [-0.3, -0.25) is 0 Å². The van der Waals surface area contributed by atoms with Crippen LogP contribution in [0.15, 0.2) is 12.2 Å². The molecule has 0 rings (SSSR count). The number of halogens is 1. The highest BCUT2D eigenvalue weighted by Gasteiger charge is 1.88. The monoisotopic (exact) mass is 102 g/mol. The van der Waals surface area contributed by atoms with Gasteiger partial charge in [-0.05, 0) is 20.3 Å². The van der Waals surface area contributed by atoms with Crippen molar-refractivity contribution >= 4 is 0 Å². The maximum Gasteiger partial charge on any atom is 0.101 e. The van der Waals surface area contributed by atoms with Crippen molar-refractivity contribution in [3.8, 4) is 0 Å². The average Bonchev–Trinajstić information content (AvgIpc) is 1.61. The Hall–Kier alpha value is -0.330. The van der Waals surface area contributed by atoms with Gasteiger partial charge >= 0.3 is 0 Å². The summed E-state index contributed by atoms with van der Waals surface area (Å²) in [7, 11) is 0. The Morgan fingerprint density at radius 2 is 2.29 bits per heavy atom. The molecular weight excluding hydrogens is 91.1 g/mol. The van der Waals surface area contributed by atoms with Crippen LogP contribution in [0.4, 0.5) is 4.39 Å². The van der Waals surface area contributed by atoms with Gasteiger partial charge in [-0.2, -0.15) is 0 Å². The Labute approximate surface area is 44.0 Å². The van der Waals surface area contributed by atoms with Crippen molar-refractivity contribution in [2.24, 2.45) is 0 Å². The standard InChI is InChI=1S/C6H11F/c1-3-4-5-6(2)7/h3-4,6H,5H2,1-2H3/b4-3+. The van der Waals surface area contributed by atoms with Crippen molar-refractivity contribution < 1.29 is 4.39 Å². The molecule has 0 fully saturated rings. The van der Waals surface area contributed by atoms with E-state index < -0.39 is 6.17 Å². The maximum absolute atomic E-state index is 11.8. The van der Waals surface area contributed by atoms with E-state index in [0.29, 0.717) is 6.42 Å². The van der Waals surface area contributed by atoms with Gasteiger partial charge in [0, 0.05) is 0 Å². The fourth-order valence-corrected chi connectivity index (χ4v) is 0.324. The molecule has 1 atom stereocenters. The molecule has 1 heteroatoms.